The van der Waals surface area contributed by atoms with Gasteiger partial charge in [0.25, 0.3) is 0 Å². The fourth-order valence-electron chi connectivity index (χ4n) is 8.69. The average molecular weight is 846 g/mol. The van der Waals surface area contributed by atoms with Crippen molar-refractivity contribution in [3.05, 3.63) is 65.7 Å². The first-order chi connectivity index (χ1) is 29.1. The lowest BCUT2D eigenvalue weighted by Crippen LogP contribution is -2.60. The molecule has 0 spiro atoms. The molecular formula is C45H63N7O9. The molecule has 7 N–H and O–H groups in total. The van der Waals surface area contributed by atoms with Gasteiger partial charge in [0.05, 0.1) is 6.04 Å². The molecule has 5 rings (SSSR count). The summed E-state index contributed by atoms with van der Waals surface area (Å²) in [6, 6.07) is 8.67. The number of hydrogen-bond acceptors (Lipinski definition) is 9. The van der Waals surface area contributed by atoms with E-state index in [1.54, 1.807) is 12.1 Å². The fourth-order valence-corrected chi connectivity index (χ4v) is 8.69. The number of rotatable bonds is 18. The Morgan fingerprint density at radius 2 is 1.13 bits per heavy atom. The van der Waals surface area contributed by atoms with Gasteiger partial charge in [-0.1, -0.05) is 76.6 Å². The van der Waals surface area contributed by atoms with Crippen LogP contribution < -0.4 is 21.7 Å². The zero-order valence-electron chi connectivity index (χ0n) is 35.8. The van der Waals surface area contributed by atoms with Crippen LogP contribution in [0.25, 0.3) is 0 Å². The maximum atomic E-state index is 14.4. The molecule has 8 unspecified atom stereocenters. The van der Waals surface area contributed by atoms with Crippen LogP contribution >= 0.6 is 0 Å². The van der Waals surface area contributed by atoms with Gasteiger partial charge in [0, 0.05) is 26.1 Å². The third kappa shape index (κ3) is 11.9. The number of nitrogens with two attached hydrogens (primary N) is 1. The zero-order valence-corrected chi connectivity index (χ0v) is 35.8. The van der Waals surface area contributed by atoms with Crippen molar-refractivity contribution in [2.24, 2.45) is 17.6 Å². The largest absolute Gasteiger partial charge is 0.508 e. The molecule has 16 nitrogen and oxygen atoms in total. The summed E-state index contributed by atoms with van der Waals surface area (Å²) in [5.41, 5.74) is 7.84. The molecule has 0 saturated carbocycles. The fraction of sp³-hybridized carbons (Fsp3) is 0.578. The van der Waals surface area contributed by atoms with Crippen molar-refractivity contribution < 1.29 is 43.8 Å². The van der Waals surface area contributed by atoms with E-state index in [2.05, 4.69) is 16.0 Å². The van der Waals surface area contributed by atoms with Crippen LogP contribution in [0.15, 0.2) is 54.6 Å². The third-order valence-corrected chi connectivity index (χ3v) is 12.2. The van der Waals surface area contributed by atoms with Crippen LogP contribution in [-0.4, -0.2) is 128 Å². The molecule has 16 heteroatoms. The molecule has 332 valence electrons. The number of carbonyl (C=O) groups is 7. The number of hydrogen-bond donors (Lipinski definition) is 6. The smallest absolute Gasteiger partial charge is 0.326 e. The maximum Gasteiger partial charge on any atom is 0.326 e. The summed E-state index contributed by atoms with van der Waals surface area (Å²) < 4.78 is 0. The van der Waals surface area contributed by atoms with Crippen molar-refractivity contribution in [1.29, 1.82) is 0 Å². The number of phenols is 1. The molecule has 3 heterocycles. The molecule has 2 aromatic rings. The molecule has 61 heavy (non-hydrogen) atoms. The Morgan fingerprint density at radius 3 is 1.64 bits per heavy atom. The predicted molar refractivity (Wildman–Crippen MR) is 226 cm³/mol. The molecule has 0 bridgehead atoms. The van der Waals surface area contributed by atoms with Crippen molar-refractivity contribution in [2.75, 3.05) is 19.6 Å². The Bertz CT molecular complexity index is 1880. The van der Waals surface area contributed by atoms with Crippen LogP contribution in [0.1, 0.15) is 90.2 Å². The van der Waals surface area contributed by atoms with Gasteiger partial charge in [-0.05, 0) is 86.5 Å². The Kier molecular flexibility index (Phi) is 16.3. The second kappa shape index (κ2) is 21.3. The summed E-state index contributed by atoms with van der Waals surface area (Å²) >= 11 is 0. The zero-order chi connectivity index (χ0) is 44.4. The first-order valence-corrected chi connectivity index (χ1v) is 21.7. The lowest BCUT2D eigenvalue weighted by molar-refractivity contribution is -0.146. The number of carbonyl (C=O) groups excluding carboxylic acids is 6. The molecule has 3 aliphatic heterocycles. The molecule has 8 atom stereocenters. The van der Waals surface area contributed by atoms with Crippen molar-refractivity contribution in [3.8, 4) is 5.75 Å². The van der Waals surface area contributed by atoms with E-state index < -0.39 is 77.8 Å². The van der Waals surface area contributed by atoms with Gasteiger partial charge < -0.3 is 46.6 Å². The quantitative estimate of drug-likeness (QED) is 0.128. The number of phenolic OH excluding ortho intramolecular Hbond substituents is 1. The number of nitrogens with zero attached hydrogens (tertiary/aromatic N) is 3. The van der Waals surface area contributed by atoms with E-state index in [0.29, 0.717) is 63.5 Å². The molecule has 3 saturated heterocycles. The monoisotopic (exact) mass is 845 g/mol. The van der Waals surface area contributed by atoms with Gasteiger partial charge in [-0.15, -0.1) is 0 Å². The van der Waals surface area contributed by atoms with Gasteiger partial charge >= 0.3 is 5.97 Å². The maximum absolute atomic E-state index is 14.4. The minimum Gasteiger partial charge on any atom is -0.508 e. The van der Waals surface area contributed by atoms with Crippen molar-refractivity contribution in [2.45, 2.75) is 134 Å². The van der Waals surface area contributed by atoms with E-state index in [9.17, 15) is 43.8 Å². The Morgan fingerprint density at radius 1 is 0.656 bits per heavy atom. The highest BCUT2D eigenvalue weighted by Crippen LogP contribution is 2.26. The molecule has 3 aliphatic rings. The van der Waals surface area contributed by atoms with Crippen LogP contribution in [0.2, 0.25) is 0 Å². The number of aromatic hydroxyl groups is 1. The first-order valence-electron chi connectivity index (χ1n) is 21.7. The van der Waals surface area contributed by atoms with Crippen LogP contribution in [0.4, 0.5) is 0 Å². The van der Waals surface area contributed by atoms with Gasteiger partial charge in [0.1, 0.15) is 42.0 Å². The van der Waals surface area contributed by atoms with Crippen molar-refractivity contribution in [3.63, 3.8) is 0 Å². The highest BCUT2D eigenvalue weighted by Gasteiger charge is 2.44. The second-order valence-electron chi connectivity index (χ2n) is 17.2. The topological polar surface area (TPSA) is 232 Å². The van der Waals surface area contributed by atoms with Crippen LogP contribution in [0, 0.1) is 11.8 Å². The van der Waals surface area contributed by atoms with Gasteiger partial charge in [0.2, 0.25) is 35.4 Å². The van der Waals surface area contributed by atoms with Gasteiger partial charge in [-0.25, -0.2) is 4.79 Å². The number of likely N-dealkylation sites (tertiary alicyclic amines) is 3. The summed E-state index contributed by atoms with van der Waals surface area (Å²) in [5.74, 6) is -4.35. The predicted octanol–water partition coefficient (Wildman–Crippen LogP) is 2.11. The number of nitrogens with one attached hydrogen (secondary N) is 3. The van der Waals surface area contributed by atoms with E-state index in [1.807, 2.05) is 58.0 Å². The highest BCUT2D eigenvalue weighted by molar-refractivity contribution is 5.97. The third-order valence-electron chi connectivity index (χ3n) is 12.2. The standard InChI is InChI=1S/C45H63N7O9/c1-5-28(4)38(49-41(56)37-16-9-21-50(37)42(57)32(46)25-29-12-7-6-8-13-29)44(59)52-23-11-15-36(52)39(54)47-33(24-27(2)3)43(58)51-22-10-14-35(51)40(55)48-34(45(60)61)26-30-17-19-31(53)20-18-30/h6-8,12-13,17-20,27-28,32-38,53H,5,9-11,14-16,21-26,46H2,1-4H3,(H,47,54)(H,48,55)(H,49,56)(H,60,61). The SMILES string of the molecule is CCC(C)C(NC(=O)C1CCCN1C(=O)C(N)Cc1ccccc1)C(=O)N1CCCC1C(=O)NC(CC(C)C)C(=O)N1CCCC1C(=O)NC(Cc1ccc(O)cc1)C(=O)O. The summed E-state index contributed by atoms with van der Waals surface area (Å²) in [7, 11) is 0. The van der Waals surface area contributed by atoms with E-state index in [-0.39, 0.29) is 49.4 Å². The Balaban J connectivity index is 1.24. The number of benzene rings is 2. The summed E-state index contributed by atoms with van der Waals surface area (Å²) in [4.78, 5) is 100. The van der Waals surface area contributed by atoms with Crippen molar-refractivity contribution in [1.82, 2.24) is 30.7 Å². The van der Waals surface area contributed by atoms with Gasteiger partial charge in [0.15, 0.2) is 0 Å². The molecule has 2 aromatic carbocycles. The van der Waals surface area contributed by atoms with Crippen LogP contribution in [0.5, 0.6) is 5.75 Å². The lowest BCUT2D eigenvalue weighted by atomic mass is 9.96. The Hall–Kier alpha value is -5.51. The average Bonchev–Trinajstić information content (AvgIpc) is 4.04. The molecule has 3 fully saturated rings. The molecule has 6 amide bonds. The number of carboxylic acid groups (broad SMARTS) is 1. The van der Waals surface area contributed by atoms with E-state index in [1.165, 1.54) is 26.8 Å². The molecular weight excluding hydrogens is 783 g/mol. The van der Waals surface area contributed by atoms with E-state index in [4.69, 9.17) is 5.73 Å². The highest BCUT2D eigenvalue weighted by atomic mass is 16.4. The molecule has 0 aliphatic carbocycles. The lowest BCUT2D eigenvalue weighted by Gasteiger charge is -2.34. The Labute approximate surface area is 358 Å². The number of aliphatic carboxylic acids is 1. The van der Waals surface area contributed by atoms with E-state index in [0.717, 1.165) is 5.56 Å². The first kappa shape index (κ1) is 46.6. The van der Waals surface area contributed by atoms with E-state index >= 15 is 0 Å². The number of carboxylic acids is 1. The molecule has 0 aromatic heterocycles. The summed E-state index contributed by atoms with van der Waals surface area (Å²) in [5, 5.41) is 28.0. The summed E-state index contributed by atoms with van der Waals surface area (Å²) in [6.07, 6.45) is 3.83. The molecule has 0 radical (unpaired) electrons. The minimum absolute atomic E-state index is 0.0248. The van der Waals surface area contributed by atoms with Gasteiger partial charge in [-0.3, -0.25) is 28.8 Å². The second-order valence-corrected chi connectivity index (χ2v) is 17.2. The van der Waals surface area contributed by atoms with Crippen LogP contribution in [-0.2, 0) is 46.4 Å². The van der Waals surface area contributed by atoms with Gasteiger partial charge in [-0.2, -0.15) is 0 Å². The van der Waals surface area contributed by atoms with Crippen LogP contribution in [0.3, 0.4) is 0 Å². The minimum atomic E-state index is -1.28. The normalized spacial score (nSPS) is 21.3. The number of amides is 6. The summed E-state index contributed by atoms with van der Waals surface area (Å²) in [6.45, 7) is 8.46. The van der Waals surface area contributed by atoms with Crippen molar-refractivity contribution >= 4 is 41.4 Å².